The summed E-state index contributed by atoms with van der Waals surface area (Å²) in [6.45, 7) is 9.63. The minimum Gasteiger partial charge on any atom is -0.360 e. The van der Waals surface area contributed by atoms with Crippen LogP contribution in [-0.4, -0.2) is 21.7 Å². The van der Waals surface area contributed by atoms with Crippen LogP contribution in [0.3, 0.4) is 0 Å². The van der Waals surface area contributed by atoms with Crippen LogP contribution in [0.15, 0.2) is 0 Å². The molecule has 0 saturated heterocycles. The van der Waals surface area contributed by atoms with E-state index in [9.17, 15) is 0 Å². The molecule has 0 unspecified atom stereocenters. The summed E-state index contributed by atoms with van der Waals surface area (Å²) >= 11 is 3.39. The van der Waals surface area contributed by atoms with Crippen LogP contribution in [0.2, 0.25) is 0 Å². The van der Waals surface area contributed by atoms with E-state index in [4.69, 9.17) is 4.98 Å². The minimum atomic E-state index is 0.605. The second-order valence-corrected chi connectivity index (χ2v) is 7.24. The zero-order valence-corrected chi connectivity index (χ0v) is 14.2. The maximum absolute atomic E-state index is 4.72. The molecule has 0 fully saturated rings. The van der Waals surface area contributed by atoms with Gasteiger partial charge in [0.1, 0.15) is 0 Å². The van der Waals surface area contributed by atoms with E-state index in [1.807, 2.05) is 0 Å². The zero-order valence-electron chi connectivity index (χ0n) is 12.6. The number of aryl methyl sites for hydroxylation is 2. The average Bonchev–Trinajstić information content (AvgIpc) is 3.02. The van der Waals surface area contributed by atoms with E-state index in [0.29, 0.717) is 5.92 Å². The average molecular weight is 310 g/mol. The lowest BCUT2D eigenvalue weighted by Crippen LogP contribution is -2.07. The summed E-state index contributed by atoms with van der Waals surface area (Å²) in [6, 6.07) is 0. The molecule has 2 heterocycles. The van der Waals surface area contributed by atoms with Gasteiger partial charge in [-0.2, -0.15) is 0 Å². The first-order valence-corrected chi connectivity index (χ1v) is 8.83. The van der Waals surface area contributed by atoms with Crippen molar-refractivity contribution >= 4 is 27.8 Å². The van der Waals surface area contributed by atoms with Crippen LogP contribution < -0.4 is 5.32 Å². The minimum absolute atomic E-state index is 0.605. The van der Waals surface area contributed by atoms with E-state index in [2.05, 4.69) is 43.2 Å². The normalized spacial score (nSPS) is 11.2. The predicted octanol–water partition coefficient (Wildman–Crippen LogP) is 4.24. The van der Waals surface area contributed by atoms with Crippen LogP contribution in [0.1, 0.15) is 44.8 Å². The molecule has 2 aromatic rings. The summed E-state index contributed by atoms with van der Waals surface area (Å²) in [6.07, 6.45) is 3.13. The van der Waals surface area contributed by atoms with E-state index in [-0.39, 0.29) is 0 Å². The lowest BCUT2D eigenvalue weighted by atomic mass is 10.2. The van der Waals surface area contributed by atoms with Crippen molar-refractivity contribution in [2.75, 3.05) is 11.9 Å². The lowest BCUT2D eigenvalue weighted by Gasteiger charge is -2.03. The number of aromatic nitrogens is 3. The number of hydrogen-bond acceptors (Lipinski definition) is 6. The molecule has 0 bridgehead atoms. The third-order valence-corrected chi connectivity index (χ3v) is 5.01. The van der Waals surface area contributed by atoms with Gasteiger partial charge in [-0.25, -0.2) is 4.98 Å². The van der Waals surface area contributed by atoms with Gasteiger partial charge in [-0.3, -0.25) is 0 Å². The molecule has 4 nitrogen and oxygen atoms in total. The van der Waals surface area contributed by atoms with Crippen LogP contribution in [0, 0.1) is 5.92 Å². The second-order valence-electron chi connectivity index (χ2n) is 5.17. The van der Waals surface area contributed by atoms with Crippen LogP contribution in [-0.2, 0) is 12.8 Å². The van der Waals surface area contributed by atoms with Crippen molar-refractivity contribution in [3.8, 4) is 9.88 Å². The summed E-state index contributed by atoms with van der Waals surface area (Å²) in [5, 5.41) is 15.0. The van der Waals surface area contributed by atoms with Gasteiger partial charge in [-0.05, 0) is 25.2 Å². The molecule has 2 rings (SSSR count). The Bertz CT molecular complexity index is 545. The number of hydrogen-bond donors (Lipinski definition) is 1. The fourth-order valence-electron chi connectivity index (χ4n) is 1.81. The van der Waals surface area contributed by atoms with Gasteiger partial charge in [-0.15, -0.1) is 21.5 Å². The second kappa shape index (κ2) is 7.13. The molecule has 1 N–H and O–H groups in total. The van der Waals surface area contributed by atoms with Crippen LogP contribution >= 0.6 is 22.7 Å². The maximum atomic E-state index is 4.72. The lowest BCUT2D eigenvalue weighted by molar-refractivity contribution is 0.687. The molecule has 0 aromatic carbocycles. The first-order valence-electron chi connectivity index (χ1n) is 7.20. The van der Waals surface area contributed by atoms with Crippen LogP contribution in [0.5, 0.6) is 0 Å². The molecule has 0 radical (unpaired) electrons. The first kappa shape index (κ1) is 15.4. The van der Waals surface area contributed by atoms with Crippen molar-refractivity contribution in [3.05, 3.63) is 10.7 Å². The molecule has 20 heavy (non-hydrogen) atoms. The topological polar surface area (TPSA) is 50.7 Å². The number of rotatable bonds is 7. The molecule has 110 valence electrons. The smallest absolute Gasteiger partial charge is 0.206 e. The number of anilines is 1. The van der Waals surface area contributed by atoms with E-state index in [0.717, 1.165) is 41.6 Å². The Kier molecular flexibility index (Phi) is 5.48. The quantitative estimate of drug-likeness (QED) is 0.831. The number of nitrogens with zero attached hydrogens (tertiary/aromatic N) is 3. The van der Waals surface area contributed by atoms with Gasteiger partial charge in [0.25, 0.3) is 0 Å². The van der Waals surface area contributed by atoms with E-state index in [1.54, 1.807) is 22.7 Å². The maximum Gasteiger partial charge on any atom is 0.206 e. The molecular weight excluding hydrogens is 288 g/mol. The largest absolute Gasteiger partial charge is 0.360 e. The summed E-state index contributed by atoms with van der Waals surface area (Å²) in [5.41, 5.74) is 1.16. The van der Waals surface area contributed by atoms with Crippen LogP contribution in [0.25, 0.3) is 9.88 Å². The van der Waals surface area contributed by atoms with E-state index in [1.165, 1.54) is 9.88 Å². The molecular formula is C14H22N4S2. The van der Waals surface area contributed by atoms with Gasteiger partial charge in [0.2, 0.25) is 5.13 Å². The standard InChI is InChI=1S/C14H22N4S2/c1-5-7-11-16-10(6-2)12(19-11)13-17-18-14(20-13)15-8-9(3)4/h9H,5-8H2,1-4H3,(H,15,18). The van der Waals surface area contributed by atoms with Crippen molar-refractivity contribution in [1.82, 2.24) is 15.2 Å². The van der Waals surface area contributed by atoms with Crippen molar-refractivity contribution in [2.24, 2.45) is 5.92 Å². The highest BCUT2D eigenvalue weighted by Crippen LogP contribution is 2.34. The molecule has 0 aliphatic heterocycles. The molecule has 6 heteroatoms. The summed E-state index contributed by atoms with van der Waals surface area (Å²) < 4.78 is 0. The highest BCUT2D eigenvalue weighted by molar-refractivity contribution is 7.23. The third kappa shape index (κ3) is 3.76. The van der Waals surface area contributed by atoms with Crippen molar-refractivity contribution in [3.63, 3.8) is 0 Å². The van der Waals surface area contributed by atoms with Gasteiger partial charge in [0, 0.05) is 6.54 Å². The Morgan fingerprint density at radius 1 is 1.15 bits per heavy atom. The van der Waals surface area contributed by atoms with Crippen molar-refractivity contribution in [2.45, 2.75) is 47.0 Å². The molecule has 0 saturated carbocycles. The Morgan fingerprint density at radius 2 is 1.95 bits per heavy atom. The Hall–Kier alpha value is -1.01. The third-order valence-electron chi connectivity index (χ3n) is 2.82. The fraction of sp³-hybridized carbons (Fsp3) is 0.643. The van der Waals surface area contributed by atoms with Gasteiger partial charge < -0.3 is 5.32 Å². The Balaban J connectivity index is 2.18. The van der Waals surface area contributed by atoms with E-state index >= 15 is 0 Å². The Labute approximate surface area is 128 Å². The number of nitrogens with one attached hydrogen (secondary N) is 1. The predicted molar refractivity (Wildman–Crippen MR) is 87.7 cm³/mol. The van der Waals surface area contributed by atoms with Gasteiger partial charge in [0.05, 0.1) is 15.6 Å². The SMILES string of the molecule is CCCc1nc(CC)c(-c2nnc(NCC(C)C)s2)s1. The zero-order chi connectivity index (χ0) is 14.5. The van der Waals surface area contributed by atoms with Crippen LogP contribution in [0.4, 0.5) is 5.13 Å². The van der Waals surface area contributed by atoms with Gasteiger partial charge in [0.15, 0.2) is 5.01 Å². The molecule has 0 atom stereocenters. The molecule has 0 aliphatic rings. The van der Waals surface area contributed by atoms with Gasteiger partial charge in [-0.1, -0.05) is 39.0 Å². The molecule has 0 aliphatic carbocycles. The molecule has 0 amide bonds. The fourth-order valence-corrected chi connectivity index (χ4v) is 3.90. The summed E-state index contributed by atoms with van der Waals surface area (Å²) in [7, 11) is 0. The van der Waals surface area contributed by atoms with Crippen molar-refractivity contribution < 1.29 is 0 Å². The monoisotopic (exact) mass is 310 g/mol. The molecule has 2 aromatic heterocycles. The van der Waals surface area contributed by atoms with E-state index < -0.39 is 0 Å². The Morgan fingerprint density at radius 3 is 2.60 bits per heavy atom. The highest BCUT2D eigenvalue weighted by Gasteiger charge is 2.15. The summed E-state index contributed by atoms with van der Waals surface area (Å²) in [4.78, 5) is 5.92. The number of thiazole rings is 1. The highest BCUT2D eigenvalue weighted by atomic mass is 32.1. The molecule has 0 spiro atoms. The summed E-state index contributed by atoms with van der Waals surface area (Å²) in [5.74, 6) is 0.605. The van der Waals surface area contributed by atoms with Crippen molar-refractivity contribution in [1.29, 1.82) is 0 Å². The van der Waals surface area contributed by atoms with Gasteiger partial charge >= 0.3 is 0 Å². The first-order chi connectivity index (χ1) is 9.63.